The molecule has 2 aromatic heterocycles. The molecule has 1 amide bonds. The van der Waals surface area contributed by atoms with Crippen LogP contribution in [0.2, 0.25) is 0 Å². The van der Waals surface area contributed by atoms with Crippen molar-refractivity contribution >= 4 is 16.8 Å². The maximum absolute atomic E-state index is 12.7. The summed E-state index contributed by atoms with van der Waals surface area (Å²) in [6, 6.07) is 9.68. The van der Waals surface area contributed by atoms with Gasteiger partial charge < -0.3 is 9.88 Å². The molecule has 1 aliphatic heterocycles. The zero-order chi connectivity index (χ0) is 16.7. The van der Waals surface area contributed by atoms with Crippen molar-refractivity contribution < 1.29 is 4.79 Å². The van der Waals surface area contributed by atoms with Crippen LogP contribution in [-0.2, 0) is 13.0 Å². The first-order chi connectivity index (χ1) is 11.6. The number of benzene rings is 1. The van der Waals surface area contributed by atoms with Crippen LogP contribution in [0, 0.1) is 0 Å². The lowest BCUT2D eigenvalue weighted by Crippen LogP contribution is -2.29. The smallest absolute Gasteiger partial charge is 0.257 e. The van der Waals surface area contributed by atoms with E-state index < -0.39 is 0 Å². The van der Waals surface area contributed by atoms with Crippen LogP contribution in [-0.4, -0.2) is 15.5 Å². The van der Waals surface area contributed by atoms with Crippen LogP contribution < -0.4 is 10.7 Å². The quantitative estimate of drug-likeness (QED) is 0.806. The number of carbonyl (C=O) groups is 1. The Bertz CT molecular complexity index is 993. The molecule has 0 spiro atoms. The Morgan fingerprint density at radius 3 is 3.00 bits per heavy atom. The molecule has 0 saturated heterocycles. The number of aromatic nitrogens is 2. The van der Waals surface area contributed by atoms with Gasteiger partial charge in [0.15, 0.2) is 0 Å². The lowest BCUT2D eigenvalue weighted by Gasteiger charge is -2.12. The molecule has 1 aliphatic rings. The molecular weight excluding hydrogens is 302 g/mol. The maximum atomic E-state index is 12.7. The molecule has 1 N–H and O–H groups in total. The lowest BCUT2D eigenvalue weighted by molar-refractivity contribution is 0.0949. The number of pyridine rings is 2. The van der Waals surface area contributed by atoms with E-state index in [1.54, 1.807) is 24.7 Å². The maximum Gasteiger partial charge on any atom is 0.257 e. The second-order valence-electron chi connectivity index (χ2n) is 6.19. The van der Waals surface area contributed by atoms with Crippen molar-refractivity contribution in [2.75, 3.05) is 0 Å². The third kappa shape index (κ3) is 2.29. The molecule has 5 nitrogen and oxygen atoms in total. The largest absolute Gasteiger partial charge is 0.348 e. The van der Waals surface area contributed by atoms with Crippen molar-refractivity contribution in [2.45, 2.75) is 25.9 Å². The van der Waals surface area contributed by atoms with Gasteiger partial charge in [0.1, 0.15) is 5.56 Å². The Balaban J connectivity index is 1.72. The van der Waals surface area contributed by atoms with E-state index in [2.05, 4.69) is 17.2 Å². The molecule has 120 valence electrons. The van der Waals surface area contributed by atoms with Crippen LogP contribution in [0.4, 0.5) is 0 Å². The van der Waals surface area contributed by atoms with Crippen LogP contribution in [0.25, 0.3) is 10.9 Å². The number of rotatable bonds is 3. The van der Waals surface area contributed by atoms with Crippen LogP contribution in [0.5, 0.6) is 0 Å². The number of para-hydroxylation sites is 1. The van der Waals surface area contributed by atoms with E-state index in [1.807, 2.05) is 28.8 Å². The molecule has 24 heavy (non-hydrogen) atoms. The minimum absolute atomic E-state index is 0.192. The van der Waals surface area contributed by atoms with Gasteiger partial charge in [-0.3, -0.25) is 14.6 Å². The topological polar surface area (TPSA) is 64.0 Å². The molecule has 0 saturated carbocycles. The van der Waals surface area contributed by atoms with Crippen LogP contribution in [0.15, 0.2) is 53.7 Å². The minimum atomic E-state index is -0.348. The number of hydrogen-bond donors (Lipinski definition) is 1. The van der Waals surface area contributed by atoms with Gasteiger partial charge in [0, 0.05) is 36.6 Å². The average molecular weight is 319 g/mol. The normalized spacial score (nSPS) is 15.6. The van der Waals surface area contributed by atoms with Gasteiger partial charge >= 0.3 is 0 Å². The predicted octanol–water partition coefficient (Wildman–Crippen LogP) is 2.44. The van der Waals surface area contributed by atoms with Crippen molar-refractivity contribution in [3.05, 3.63) is 75.8 Å². The molecule has 4 rings (SSSR count). The zero-order valence-corrected chi connectivity index (χ0v) is 13.3. The number of hydrogen-bond acceptors (Lipinski definition) is 3. The fraction of sp³-hybridized carbons (Fsp3) is 0.211. The highest BCUT2D eigenvalue weighted by Gasteiger charge is 2.24. The number of nitrogens with zero attached hydrogens (tertiary/aromatic N) is 2. The van der Waals surface area contributed by atoms with Gasteiger partial charge in [-0.15, -0.1) is 0 Å². The molecule has 5 heteroatoms. The predicted molar refractivity (Wildman–Crippen MR) is 92.0 cm³/mol. The van der Waals surface area contributed by atoms with Crippen LogP contribution >= 0.6 is 0 Å². The Kier molecular flexibility index (Phi) is 3.41. The van der Waals surface area contributed by atoms with E-state index in [1.165, 1.54) is 5.56 Å². The summed E-state index contributed by atoms with van der Waals surface area (Å²) in [6.07, 6.45) is 5.96. The fourth-order valence-electron chi connectivity index (χ4n) is 3.36. The van der Waals surface area contributed by atoms with Crippen molar-refractivity contribution in [3.63, 3.8) is 0 Å². The van der Waals surface area contributed by atoms with E-state index in [0.29, 0.717) is 11.9 Å². The second-order valence-corrected chi connectivity index (χ2v) is 6.19. The van der Waals surface area contributed by atoms with Gasteiger partial charge in [-0.1, -0.05) is 18.2 Å². The van der Waals surface area contributed by atoms with Crippen molar-refractivity contribution in [1.82, 2.24) is 14.9 Å². The van der Waals surface area contributed by atoms with E-state index in [-0.39, 0.29) is 22.9 Å². The van der Waals surface area contributed by atoms with Gasteiger partial charge in [0.2, 0.25) is 5.43 Å². The number of nitrogens with one attached hydrogen (secondary N) is 1. The Morgan fingerprint density at radius 1 is 1.33 bits per heavy atom. The van der Waals surface area contributed by atoms with Crippen LogP contribution in [0.1, 0.15) is 34.5 Å². The Hall–Kier alpha value is -2.95. The highest BCUT2D eigenvalue weighted by molar-refractivity contribution is 5.98. The monoisotopic (exact) mass is 319 g/mol. The van der Waals surface area contributed by atoms with E-state index in [9.17, 15) is 9.59 Å². The molecule has 3 heterocycles. The molecule has 0 aliphatic carbocycles. The van der Waals surface area contributed by atoms with Gasteiger partial charge in [-0.05, 0) is 36.6 Å². The first-order valence-corrected chi connectivity index (χ1v) is 7.99. The van der Waals surface area contributed by atoms with E-state index in [0.717, 1.165) is 17.5 Å². The summed E-state index contributed by atoms with van der Waals surface area (Å²) in [7, 11) is 0. The standard InChI is InChI=1S/C19H17N3O2/c1-12-8-14-5-2-6-15-17(14)22(12)11-16(18(15)23)19(24)21-10-13-4-3-7-20-9-13/h2-7,9,11-12H,8,10H2,1H3,(H,21,24)/t12-/m1/s1. The SMILES string of the molecule is C[C@@H]1Cc2cccc3c(=O)c(C(=O)NCc4cccnc4)cn1c23. The summed E-state index contributed by atoms with van der Waals surface area (Å²) < 4.78 is 2.05. The molecule has 0 bridgehead atoms. The third-order valence-electron chi connectivity index (χ3n) is 4.55. The highest BCUT2D eigenvalue weighted by Crippen LogP contribution is 2.30. The first-order valence-electron chi connectivity index (χ1n) is 7.99. The summed E-state index contributed by atoms with van der Waals surface area (Å²) in [5.74, 6) is -0.348. The third-order valence-corrected chi connectivity index (χ3v) is 4.55. The highest BCUT2D eigenvalue weighted by atomic mass is 16.2. The van der Waals surface area contributed by atoms with Gasteiger partial charge in [-0.2, -0.15) is 0 Å². The average Bonchev–Trinajstić information content (AvgIpc) is 2.93. The number of carbonyl (C=O) groups excluding carboxylic acids is 1. The molecule has 0 unspecified atom stereocenters. The van der Waals surface area contributed by atoms with Gasteiger partial charge in [0.25, 0.3) is 5.91 Å². The van der Waals surface area contributed by atoms with Crippen molar-refractivity contribution in [2.24, 2.45) is 0 Å². The first kappa shape index (κ1) is 14.6. The molecule has 3 aromatic rings. The van der Waals surface area contributed by atoms with Gasteiger partial charge in [0.05, 0.1) is 5.52 Å². The Morgan fingerprint density at radius 2 is 2.21 bits per heavy atom. The number of amides is 1. The lowest BCUT2D eigenvalue weighted by atomic mass is 10.1. The molecule has 1 atom stereocenters. The van der Waals surface area contributed by atoms with Crippen LogP contribution in [0.3, 0.4) is 0 Å². The minimum Gasteiger partial charge on any atom is -0.348 e. The summed E-state index contributed by atoms with van der Waals surface area (Å²) in [6.45, 7) is 2.45. The summed E-state index contributed by atoms with van der Waals surface area (Å²) in [5.41, 5.74) is 3.00. The fourth-order valence-corrected chi connectivity index (χ4v) is 3.36. The summed E-state index contributed by atoms with van der Waals surface area (Å²) in [5, 5.41) is 3.43. The second kappa shape index (κ2) is 5.60. The molecule has 1 aromatic carbocycles. The Labute approximate surface area is 139 Å². The molecule has 0 fully saturated rings. The summed E-state index contributed by atoms with van der Waals surface area (Å²) in [4.78, 5) is 29.3. The van der Waals surface area contributed by atoms with E-state index >= 15 is 0 Å². The van der Waals surface area contributed by atoms with Crippen molar-refractivity contribution in [3.8, 4) is 0 Å². The van der Waals surface area contributed by atoms with Crippen molar-refractivity contribution in [1.29, 1.82) is 0 Å². The summed E-state index contributed by atoms with van der Waals surface area (Å²) >= 11 is 0. The zero-order valence-electron chi connectivity index (χ0n) is 13.3. The molecule has 0 radical (unpaired) electrons. The molecular formula is C19H17N3O2. The van der Waals surface area contributed by atoms with Gasteiger partial charge in [-0.25, -0.2) is 0 Å². The van der Waals surface area contributed by atoms with E-state index in [4.69, 9.17) is 0 Å².